The van der Waals surface area contributed by atoms with Crippen LogP contribution >= 0.6 is 0 Å². The molecular weight excluding hydrogens is 238 g/mol. The van der Waals surface area contributed by atoms with Crippen LogP contribution in [0.5, 0.6) is 0 Å². The van der Waals surface area contributed by atoms with Crippen molar-refractivity contribution in [3.05, 3.63) is 41.5 Å². The van der Waals surface area contributed by atoms with Gasteiger partial charge in [-0.2, -0.15) is 0 Å². The third kappa shape index (κ3) is 5.26. The number of aliphatic hydroxyl groups is 1. The maximum Gasteiger partial charge on any atom is 0.244 e. The summed E-state index contributed by atoms with van der Waals surface area (Å²) in [5, 5.41) is 11.7. The third-order valence-corrected chi connectivity index (χ3v) is 3.05. The summed E-state index contributed by atoms with van der Waals surface area (Å²) in [6, 6.07) is 8.16. The molecule has 1 atom stereocenters. The Morgan fingerprint density at radius 2 is 2.00 bits per heavy atom. The fourth-order valence-electron chi connectivity index (χ4n) is 1.71. The van der Waals surface area contributed by atoms with Crippen LogP contribution in [-0.2, 0) is 4.79 Å². The molecule has 0 radical (unpaired) electrons. The molecule has 0 heterocycles. The smallest absolute Gasteiger partial charge is 0.244 e. The maximum absolute atomic E-state index is 11.8. The van der Waals surface area contributed by atoms with E-state index in [-0.39, 0.29) is 18.4 Å². The minimum atomic E-state index is -0.0993. The molecule has 0 aliphatic rings. The fourth-order valence-corrected chi connectivity index (χ4v) is 1.71. The second-order valence-corrected chi connectivity index (χ2v) is 4.92. The van der Waals surface area contributed by atoms with Gasteiger partial charge in [-0.1, -0.05) is 43.7 Å². The molecule has 3 heteroatoms. The number of aliphatic hydroxyl groups excluding tert-OH is 1. The van der Waals surface area contributed by atoms with Crippen molar-refractivity contribution in [2.24, 2.45) is 5.92 Å². The lowest BCUT2D eigenvalue weighted by Crippen LogP contribution is -2.28. The maximum atomic E-state index is 11.8. The second-order valence-electron chi connectivity index (χ2n) is 4.92. The number of carbonyl (C=O) groups is 1. The minimum Gasteiger partial charge on any atom is -0.396 e. The molecular formula is C16H23NO2. The highest BCUT2D eigenvalue weighted by molar-refractivity contribution is 5.95. The normalized spacial score (nSPS) is 13.2. The molecule has 1 aromatic rings. The van der Waals surface area contributed by atoms with Gasteiger partial charge in [0.2, 0.25) is 5.91 Å². The van der Waals surface area contributed by atoms with Crippen molar-refractivity contribution in [1.29, 1.82) is 0 Å². The molecule has 1 amide bonds. The number of allylic oxidation sites excluding steroid dienone is 1. The molecule has 0 aliphatic heterocycles. The Morgan fingerprint density at radius 3 is 2.53 bits per heavy atom. The van der Waals surface area contributed by atoms with Crippen molar-refractivity contribution in [3.8, 4) is 0 Å². The number of nitrogens with one attached hydrogen (secondary N) is 1. The van der Waals surface area contributed by atoms with E-state index in [1.165, 1.54) is 5.56 Å². The van der Waals surface area contributed by atoms with Gasteiger partial charge in [0.25, 0.3) is 0 Å². The molecule has 0 fully saturated rings. The number of hydrogen-bond acceptors (Lipinski definition) is 2. The van der Waals surface area contributed by atoms with Crippen LogP contribution in [-0.4, -0.2) is 24.2 Å². The van der Waals surface area contributed by atoms with E-state index in [9.17, 15) is 4.79 Å². The van der Waals surface area contributed by atoms with Gasteiger partial charge < -0.3 is 10.4 Å². The summed E-state index contributed by atoms with van der Waals surface area (Å²) >= 11 is 0. The van der Waals surface area contributed by atoms with Gasteiger partial charge in [-0.25, -0.2) is 0 Å². The predicted octanol–water partition coefficient (Wildman–Crippen LogP) is 2.53. The van der Waals surface area contributed by atoms with E-state index in [1.54, 1.807) is 6.08 Å². The summed E-state index contributed by atoms with van der Waals surface area (Å²) in [6.45, 7) is 6.56. The highest BCUT2D eigenvalue weighted by Gasteiger charge is 2.05. The Kier molecular flexibility index (Phi) is 6.30. The lowest BCUT2D eigenvalue weighted by atomic mass is 10.0. The molecule has 0 saturated carbocycles. The number of amides is 1. The van der Waals surface area contributed by atoms with Gasteiger partial charge in [-0.05, 0) is 30.4 Å². The summed E-state index contributed by atoms with van der Waals surface area (Å²) in [5.74, 6) is -0.0143. The van der Waals surface area contributed by atoms with Gasteiger partial charge in [0.1, 0.15) is 0 Å². The molecule has 0 saturated heterocycles. The van der Waals surface area contributed by atoms with Crippen molar-refractivity contribution in [2.45, 2.75) is 27.2 Å². The molecule has 0 spiro atoms. The van der Waals surface area contributed by atoms with Crippen LogP contribution in [0.4, 0.5) is 0 Å². The predicted molar refractivity (Wildman–Crippen MR) is 78.7 cm³/mol. The van der Waals surface area contributed by atoms with Crippen LogP contribution in [0.25, 0.3) is 5.57 Å². The standard InChI is InChI=1S/C16H23NO2/c1-4-14(15-7-5-12(2)6-8-15)9-16(19)17-10-13(3)11-18/h5-9,13,18H,4,10-11H2,1-3H3,(H,17,19)/b14-9-. The molecule has 19 heavy (non-hydrogen) atoms. The largest absolute Gasteiger partial charge is 0.396 e. The number of carbonyl (C=O) groups excluding carboxylic acids is 1. The lowest BCUT2D eigenvalue weighted by molar-refractivity contribution is -0.116. The van der Waals surface area contributed by atoms with Crippen LogP contribution < -0.4 is 5.32 Å². The minimum absolute atomic E-state index is 0.0850. The topological polar surface area (TPSA) is 49.3 Å². The first-order chi connectivity index (χ1) is 9.06. The molecule has 104 valence electrons. The highest BCUT2D eigenvalue weighted by Crippen LogP contribution is 2.18. The van der Waals surface area contributed by atoms with Crippen molar-refractivity contribution < 1.29 is 9.90 Å². The SMILES string of the molecule is CC/C(=C/C(=O)NCC(C)CO)c1ccc(C)cc1. The quantitative estimate of drug-likeness (QED) is 0.773. The van der Waals surface area contributed by atoms with Gasteiger partial charge >= 0.3 is 0 Å². The molecule has 0 aromatic heterocycles. The summed E-state index contributed by atoms with van der Waals surface area (Å²) in [6.07, 6.45) is 2.46. The van der Waals surface area contributed by atoms with Gasteiger partial charge in [0, 0.05) is 19.2 Å². The molecule has 2 N–H and O–H groups in total. The lowest BCUT2D eigenvalue weighted by Gasteiger charge is -2.09. The number of benzene rings is 1. The van der Waals surface area contributed by atoms with Crippen molar-refractivity contribution >= 4 is 11.5 Å². The molecule has 1 aromatic carbocycles. The van der Waals surface area contributed by atoms with Crippen LogP contribution in [0.2, 0.25) is 0 Å². The number of rotatable bonds is 6. The van der Waals surface area contributed by atoms with E-state index >= 15 is 0 Å². The number of aryl methyl sites for hydroxylation is 1. The zero-order valence-electron chi connectivity index (χ0n) is 11.9. The Bertz CT molecular complexity index is 435. The molecule has 0 aliphatic carbocycles. The summed E-state index contributed by atoms with van der Waals surface area (Å²) in [7, 11) is 0. The summed E-state index contributed by atoms with van der Waals surface area (Å²) in [4.78, 5) is 11.8. The van der Waals surface area contributed by atoms with E-state index in [2.05, 4.69) is 5.32 Å². The highest BCUT2D eigenvalue weighted by atomic mass is 16.3. The molecule has 1 unspecified atom stereocenters. The van der Waals surface area contributed by atoms with Gasteiger partial charge in [-0.3, -0.25) is 4.79 Å². The first kappa shape index (κ1) is 15.4. The molecule has 1 rings (SSSR count). The Morgan fingerprint density at radius 1 is 1.37 bits per heavy atom. The zero-order chi connectivity index (χ0) is 14.3. The van der Waals surface area contributed by atoms with Gasteiger partial charge in [0.15, 0.2) is 0 Å². The molecule has 3 nitrogen and oxygen atoms in total. The third-order valence-electron chi connectivity index (χ3n) is 3.05. The first-order valence-electron chi connectivity index (χ1n) is 6.73. The fraction of sp³-hybridized carbons (Fsp3) is 0.438. The van der Waals surface area contributed by atoms with Crippen molar-refractivity contribution in [3.63, 3.8) is 0 Å². The van der Waals surface area contributed by atoms with Gasteiger partial charge in [-0.15, -0.1) is 0 Å². The molecule has 0 bridgehead atoms. The zero-order valence-corrected chi connectivity index (χ0v) is 11.9. The Hall–Kier alpha value is -1.61. The van der Waals surface area contributed by atoms with Crippen LogP contribution in [0.1, 0.15) is 31.4 Å². The van der Waals surface area contributed by atoms with Gasteiger partial charge in [0.05, 0.1) is 0 Å². The van der Waals surface area contributed by atoms with Crippen LogP contribution in [0.3, 0.4) is 0 Å². The second kappa shape index (κ2) is 7.74. The van der Waals surface area contributed by atoms with E-state index < -0.39 is 0 Å². The Balaban J connectivity index is 2.70. The summed E-state index contributed by atoms with van der Waals surface area (Å²) < 4.78 is 0. The van der Waals surface area contributed by atoms with Crippen molar-refractivity contribution in [2.75, 3.05) is 13.2 Å². The average Bonchev–Trinajstić information content (AvgIpc) is 2.43. The number of hydrogen-bond donors (Lipinski definition) is 2. The Labute approximate surface area is 115 Å². The van der Waals surface area contributed by atoms with E-state index in [0.29, 0.717) is 6.54 Å². The van der Waals surface area contributed by atoms with Crippen molar-refractivity contribution in [1.82, 2.24) is 5.32 Å². The van der Waals surface area contributed by atoms with E-state index in [1.807, 2.05) is 45.0 Å². The average molecular weight is 261 g/mol. The van der Waals surface area contributed by atoms with Crippen LogP contribution in [0, 0.1) is 12.8 Å². The van der Waals surface area contributed by atoms with E-state index in [4.69, 9.17) is 5.11 Å². The van der Waals surface area contributed by atoms with E-state index in [0.717, 1.165) is 17.6 Å². The van der Waals surface area contributed by atoms with Crippen LogP contribution in [0.15, 0.2) is 30.3 Å². The first-order valence-corrected chi connectivity index (χ1v) is 6.73. The monoisotopic (exact) mass is 261 g/mol. The summed E-state index contributed by atoms with van der Waals surface area (Å²) in [5.41, 5.74) is 3.31.